The van der Waals surface area contributed by atoms with Crippen LogP contribution < -0.4 is 5.32 Å². The predicted molar refractivity (Wildman–Crippen MR) is 71.5 cm³/mol. The number of hydrogen-bond acceptors (Lipinski definition) is 2. The van der Waals surface area contributed by atoms with Crippen molar-refractivity contribution in [3.63, 3.8) is 0 Å². The van der Waals surface area contributed by atoms with Crippen LogP contribution in [-0.2, 0) is 16.0 Å². The highest BCUT2D eigenvalue weighted by Crippen LogP contribution is 2.15. The lowest BCUT2D eigenvalue weighted by molar-refractivity contribution is -0.121. The molecule has 0 radical (unpaired) electrons. The third-order valence-electron chi connectivity index (χ3n) is 3.36. The average molecular weight is 247 g/mol. The fourth-order valence-electron chi connectivity index (χ4n) is 2.40. The molecule has 1 saturated heterocycles. The number of ether oxygens (including phenoxy) is 1. The van der Waals surface area contributed by atoms with Gasteiger partial charge in [-0.25, -0.2) is 0 Å². The second-order valence-electron chi connectivity index (χ2n) is 5.07. The number of carbonyl (C=O) groups is 1. The Morgan fingerprint density at radius 1 is 1.56 bits per heavy atom. The maximum atomic E-state index is 11.9. The quantitative estimate of drug-likeness (QED) is 0.886. The summed E-state index contributed by atoms with van der Waals surface area (Å²) in [5, 5.41) is 3.03. The Kier molecular flexibility index (Phi) is 4.37. The van der Waals surface area contributed by atoms with Gasteiger partial charge in [0.05, 0.1) is 18.6 Å². The fourth-order valence-corrected chi connectivity index (χ4v) is 2.40. The van der Waals surface area contributed by atoms with E-state index < -0.39 is 0 Å². The number of rotatable bonds is 4. The Morgan fingerprint density at radius 3 is 3.06 bits per heavy atom. The summed E-state index contributed by atoms with van der Waals surface area (Å²) >= 11 is 0. The lowest BCUT2D eigenvalue weighted by atomic mass is 10.1. The first-order chi connectivity index (χ1) is 8.65. The number of carbonyl (C=O) groups excluding carboxylic acids is 1. The Hall–Kier alpha value is -1.35. The molecular weight excluding hydrogens is 226 g/mol. The van der Waals surface area contributed by atoms with Gasteiger partial charge in [-0.05, 0) is 32.3 Å². The van der Waals surface area contributed by atoms with Crippen LogP contribution in [-0.4, -0.2) is 24.7 Å². The number of hydrogen-bond donors (Lipinski definition) is 1. The van der Waals surface area contributed by atoms with Gasteiger partial charge in [0, 0.05) is 6.61 Å². The van der Waals surface area contributed by atoms with E-state index in [9.17, 15) is 4.79 Å². The van der Waals surface area contributed by atoms with Gasteiger partial charge in [-0.2, -0.15) is 0 Å². The first kappa shape index (κ1) is 13.1. The molecule has 2 atom stereocenters. The molecule has 3 nitrogen and oxygen atoms in total. The van der Waals surface area contributed by atoms with Crippen molar-refractivity contribution in [2.45, 2.75) is 45.3 Å². The standard InChI is InChI=1S/C15H21NO2/c1-11-5-3-6-13(9-11)10-15(17)16-12(2)14-7-4-8-18-14/h3,5-6,9,12,14H,4,7-8,10H2,1-2H3,(H,16,17)/t12-,14-/m0/s1. The van der Waals surface area contributed by atoms with E-state index in [0.717, 1.165) is 25.0 Å². The third-order valence-corrected chi connectivity index (χ3v) is 3.36. The molecule has 18 heavy (non-hydrogen) atoms. The summed E-state index contributed by atoms with van der Waals surface area (Å²) in [7, 11) is 0. The summed E-state index contributed by atoms with van der Waals surface area (Å²) in [5.74, 6) is 0.0728. The normalized spacial score (nSPS) is 20.7. The fraction of sp³-hybridized carbons (Fsp3) is 0.533. The van der Waals surface area contributed by atoms with Crippen LogP contribution in [0, 0.1) is 6.92 Å². The van der Waals surface area contributed by atoms with Crippen molar-refractivity contribution in [1.29, 1.82) is 0 Å². The largest absolute Gasteiger partial charge is 0.376 e. The molecule has 0 spiro atoms. The SMILES string of the molecule is Cc1cccc(CC(=O)N[C@@H](C)[C@@H]2CCCO2)c1. The van der Waals surface area contributed by atoms with Crippen LogP contribution in [0.4, 0.5) is 0 Å². The summed E-state index contributed by atoms with van der Waals surface area (Å²) in [4.78, 5) is 11.9. The van der Waals surface area contributed by atoms with Gasteiger partial charge in [-0.3, -0.25) is 4.79 Å². The monoisotopic (exact) mass is 247 g/mol. The summed E-state index contributed by atoms with van der Waals surface area (Å²) in [5.41, 5.74) is 2.25. The molecule has 3 heteroatoms. The minimum Gasteiger partial charge on any atom is -0.376 e. The van der Waals surface area contributed by atoms with Crippen LogP contribution in [0.1, 0.15) is 30.9 Å². The van der Waals surface area contributed by atoms with E-state index in [1.54, 1.807) is 0 Å². The van der Waals surface area contributed by atoms with Crippen molar-refractivity contribution in [3.8, 4) is 0 Å². The molecule has 0 aromatic heterocycles. The van der Waals surface area contributed by atoms with Gasteiger partial charge in [-0.15, -0.1) is 0 Å². The Labute approximate surface area is 109 Å². The average Bonchev–Trinajstić information content (AvgIpc) is 2.81. The van der Waals surface area contributed by atoms with Gasteiger partial charge in [0.2, 0.25) is 5.91 Å². The van der Waals surface area contributed by atoms with Gasteiger partial charge < -0.3 is 10.1 Å². The first-order valence-electron chi connectivity index (χ1n) is 6.61. The van der Waals surface area contributed by atoms with Crippen LogP contribution in [0.5, 0.6) is 0 Å². The molecule has 1 aromatic carbocycles. The maximum Gasteiger partial charge on any atom is 0.224 e. The molecule has 1 aromatic rings. The predicted octanol–water partition coefficient (Wildman–Crippen LogP) is 2.22. The van der Waals surface area contributed by atoms with Gasteiger partial charge >= 0.3 is 0 Å². The van der Waals surface area contributed by atoms with Crippen LogP contribution in [0.25, 0.3) is 0 Å². The van der Waals surface area contributed by atoms with Crippen molar-refractivity contribution < 1.29 is 9.53 Å². The number of nitrogens with one attached hydrogen (secondary N) is 1. The summed E-state index contributed by atoms with van der Waals surface area (Å²) < 4.78 is 5.57. The molecule has 1 heterocycles. The van der Waals surface area contributed by atoms with Gasteiger partial charge in [-0.1, -0.05) is 29.8 Å². The smallest absolute Gasteiger partial charge is 0.224 e. The zero-order chi connectivity index (χ0) is 13.0. The molecule has 1 amide bonds. The second kappa shape index (κ2) is 6.01. The molecule has 2 rings (SSSR count). The molecule has 0 saturated carbocycles. The van der Waals surface area contributed by atoms with Gasteiger partial charge in [0.1, 0.15) is 0 Å². The van der Waals surface area contributed by atoms with E-state index in [4.69, 9.17) is 4.74 Å². The van der Waals surface area contributed by atoms with Crippen molar-refractivity contribution in [1.82, 2.24) is 5.32 Å². The van der Waals surface area contributed by atoms with E-state index >= 15 is 0 Å². The van der Waals surface area contributed by atoms with Crippen LogP contribution in [0.15, 0.2) is 24.3 Å². The molecule has 0 unspecified atom stereocenters. The molecule has 1 fully saturated rings. The highest BCUT2D eigenvalue weighted by atomic mass is 16.5. The van der Waals surface area contributed by atoms with Crippen LogP contribution in [0.2, 0.25) is 0 Å². The Morgan fingerprint density at radius 2 is 2.39 bits per heavy atom. The van der Waals surface area contributed by atoms with E-state index in [-0.39, 0.29) is 18.1 Å². The lowest BCUT2D eigenvalue weighted by Gasteiger charge is -2.20. The Bertz CT molecular complexity index is 411. The maximum absolute atomic E-state index is 11.9. The molecule has 0 bridgehead atoms. The zero-order valence-electron chi connectivity index (χ0n) is 11.1. The molecule has 1 N–H and O–H groups in total. The molecule has 1 aliphatic rings. The number of aryl methyl sites for hydroxylation is 1. The third kappa shape index (κ3) is 3.57. The topological polar surface area (TPSA) is 38.3 Å². The highest BCUT2D eigenvalue weighted by molar-refractivity contribution is 5.78. The minimum absolute atomic E-state index is 0.0728. The summed E-state index contributed by atoms with van der Waals surface area (Å²) in [6, 6.07) is 8.17. The van der Waals surface area contributed by atoms with E-state index in [0.29, 0.717) is 6.42 Å². The number of amides is 1. The molecule has 0 aliphatic carbocycles. The van der Waals surface area contributed by atoms with Crippen molar-refractivity contribution in [2.24, 2.45) is 0 Å². The zero-order valence-corrected chi connectivity index (χ0v) is 11.1. The number of benzene rings is 1. The van der Waals surface area contributed by atoms with Crippen molar-refractivity contribution in [3.05, 3.63) is 35.4 Å². The second-order valence-corrected chi connectivity index (χ2v) is 5.07. The highest BCUT2D eigenvalue weighted by Gasteiger charge is 2.23. The lowest BCUT2D eigenvalue weighted by Crippen LogP contribution is -2.41. The van der Waals surface area contributed by atoms with E-state index in [2.05, 4.69) is 11.4 Å². The molecular formula is C15H21NO2. The van der Waals surface area contributed by atoms with Crippen LogP contribution in [0.3, 0.4) is 0 Å². The van der Waals surface area contributed by atoms with Crippen LogP contribution >= 0.6 is 0 Å². The summed E-state index contributed by atoms with van der Waals surface area (Å²) in [6.07, 6.45) is 2.78. The van der Waals surface area contributed by atoms with Crippen molar-refractivity contribution >= 4 is 5.91 Å². The molecule has 1 aliphatic heterocycles. The minimum atomic E-state index is 0.0728. The summed E-state index contributed by atoms with van der Waals surface area (Å²) in [6.45, 7) is 4.88. The molecule has 98 valence electrons. The Balaban J connectivity index is 1.84. The van der Waals surface area contributed by atoms with E-state index in [1.165, 1.54) is 5.56 Å². The van der Waals surface area contributed by atoms with Crippen molar-refractivity contribution in [2.75, 3.05) is 6.61 Å². The van der Waals surface area contributed by atoms with Gasteiger partial charge in [0.25, 0.3) is 0 Å². The first-order valence-corrected chi connectivity index (χ1v) is 6.61. The van der Waals surface area contributed by atoms with E-state index in [1.807, 2.05) is 32.0 Å². The van der Waals surface area contributed by atoms with Gasteiger partial charge in [0.15, 0.2) is 0 Å².